The van der Waals surface area contributed by atoms with Gasteiger partial charge in [0.2, 0.25) is 11.8 Å². The van der Waals surface area contributed by atoms with Gasteiger partial charge in [0.05, 0.1) is 26.1 Å². The van der Waals surface area contributed by atoms with Crippen LogP contribution in [0.1, 0.15) is 36.8 Å². The molecule has 10 nitrogen and oxygen atoms in total. The number of fused-ring (bicyclic) bond motifs is 2. The smallest absolute Gasteiger partial charge is 0.273 e. The predicted molar refractivity (Wildman–Crippen MR) is 194 cm³/mol. The molecule has 2 aromatic heterocycles. The summed E-state index contributed by atoms with van der Waals surface area (Å²) in [6, 6.07) is 22.0. The maximum Gasteiger partial charge on any atom is 0.273 e. The Balaban J connectivity index is 0.000000157. The van der Waals surface area contributed by atoms with E-state index in [1.165, 1.54) is 6.07 Å². The molecule has 0 unspecified atom stereocenters. The second kappa shape index (κ2) is 15.2. The lowest BCUT2D eigenvalue weighted by atomic mass is 9.91. The number of benzene rings is 4. The SMILES string of the molecule is Nc1cc(-c2nc3ccccc3o2)c(Cl)cc1CC1CCOCC1.O=[N+]([O-])c1cc(-c2nc3ccccc3o2)c(Cl)cc1CC1CCOCC1. The van der Waals surface area contributed by atoms with Crippen molar-refractivity contribution in [2.75, 3.05) is 32.2 Å². The molecule has 0 amide bonds. The highest BCUT2D eigenvalue weighted by molar-refractivity contribution is 6.33. The lowest BCUT2D eigenvalue weighted by molar-refractivity contribution is -0.385. The number of anilines is 1. The van der Waals surface area contributed by atoms with Crippen LogP contribution < -0.4 is 5.73 Å². The van der Waals surface area contributed by atoms with Crippen LogP contribution >= 0.6 is 23.2 Å². The molecule has 12 heteroatoms. The highest BCUT2D eigenvalue weighted by Gasteiger charge is 2.25. The van der Waals surface area contributed by atoms with E-state index in [0.29, 0.717) is 69.6 Å². The lowest BCUT2D eigenvalue weighted by Crippen LogP contribution is -2.18. The van der Waals surface area contributed by atoms with Gasteiger partial charge in [0.1, 0.15) is 11.0 Å². The summed E-state index contributed by atoms with van der Waals surface area (Å²) in [5, 5.41) is 12.6. The number of ether oxygens (including phenoxy) is 2. The molecule has 0 aliphatic carbocycles. The molecule has 4 heterocycles. The first-order valence-electron chi connectivity index (χ1n) is 16.7. The summed E-state index contributed by atoms with van der Waals surface area (Å²) < 4.78 is 22.3. The summed E-state index contributed by atoms with van der Waals surface area (Å²) in [5.41, 5.74) is 12.8. The van der Waals surface area contributed by atoms with Crippen LogP contribution in [0.25, 0.3) is 45.1 Å². The minimum Gasteiger partial charge on any atom is -0.436 e. The van der Waals surface area contributed by atoms with Crippen LogP contribution in [0.2, 0.25) is 10.0 Å². The van der Waals surface area contributed by atoms with E-state index in [-0.39, 0.29) is 16.5 Å². The van der Waals surface area contributed by atoms with Crippen molar-refractivity contribution in [3.63, 3.8) is 0 Å². The molecule has 2 fully saturated rings. The fourth-order valence-electron chi connectivity index (χ4n) is 6.57. The first kappa shape index (κ1) is 34.0. The van der Waals surface area contributed by atoms with E-state index in [1.807, 2.05) is 54.6 Å². The van der Waals surface area contributed by atoms with E-state index in [2.05, 4.69) is 9.97 Å². The number of nitrogen functional groups attached to an aromatic ring is 1. The van der Waals surface area contributed by atoms with Gasteiger partial charge in [0.15, 0.2) is 11.2 Å². The molecule has 8 rings (SSSR count). The Labute approximate surface area is 298 Å². The third-order valence-electron chi connectivity index (χ3n) is 9.34. The maximum atomic E-state index is 11.6. The van der Waals surface area contributed by atoms with Crippen molar-refractivity contribution in [3.8, 4) is 22.9 Å². The molecule has 6 aromatic rings. The molecule has 4 aromatic carbocycles. The van der Waals surface area contributed by atoms with Crippen molar-refractivity contribution in [1.29, 1.82) is 0 Å². The minimum atomic E-state index is -0.364. The Morgan fingerprint density at radius 3 is 1.66 bits per heavy atom. The first-order valence-corrected chi connectivity index (χ1v) is 17.5. The number of halogens is 2. The molecule has 2 saturated heterocycles. The van der Waals surface area contributed by atoms with Gasteiger partial charge in [-0.25, -0.2) is 9.97 Å². The number of oxazole rings is 2. The standard InChI is InChI=1S/C19H17ClN2O4.C19H19ClN2O2/c20-15-10-13(9-12-5-7-25-8-6-12)17(22(23)24)11-14(15)19-21-16-3-1-2-4-18(16)26-19;20-15-10-13(9-12-5-7-23-8-6-12)16(21)11-14(15)19-22-17-3-1-2-4-18(17)24-19/h1-4,10-12H,5-9H2;1-4,10-12H,5-9,21H2. The quantitative estimate of drug-likeness (QED) is 0.0972. The van der Waals surface area contributed by atoms with Gasteiger partial charge in [0.25, 0.3) is 5.69 Å². The average Bonchev–Trinajstić information content (AvgIpc) is 3.75. The van der Waals surface area contributed by atoms with Crippen molar-refractivity contribution >= 4 is 56.8 Å². The molecule has 0 spiro atoms. The van der Waals surface area contributed by atoms with Gasteiger partial charge in [-0.1, -0.05) is 47.5 Å². The Hall–Kier alpha value is -4.48. The van der Waals surface area contributed by atoms with E-state index in [4.69, 9.17) is 47.2 Å². The van der Waals surface area contributed by atoms with Crippen LogP contribution in [0, 0.1) is 22.0 Å². The molecule has 2 N–H and O–H groups in total. The average molecular weight is 716 g/mol. The van der Waals surface area contributed by atoms with Crippen LogP contribution in [-0.4, -0.2) is 41.3 Å². The van der Waals surface area contributed by atoms with Crippen LogP contribution in [0.3, 0.4) is 0 Å². The molecule has 2 aliphatic rings. The summed E-state index contributed by atoms with van der Waals surface area (Å²) in [6.07, 6.45) is 5.51. The molecule has 0 radical (unpaired) electrons. The fraction of sp³-hybridized carbons (Fsp3) is 0.316. The van der Waals surface area contributed by atoms with Gasteiger partial charge in [-0.15, -0.1) is 0 Å². The molecular weight excluding hydrogens is 679 g/mol. The number of rotatable bonds is 7. The fourth-order valence-corrected chi connectivity index (χ4v) is 7.10. The summed E-state index contributed by atoms with van der Waals surface area (Å²) >= 11 is 12.9. The molecule has 258 valence electrons. The zero-order chi connectivity index (χ0) is 34.6. The van der Waals surface area contributed by atoms with Crippen molar-refractivity contribution in [1.82, 2.24) is 9.97 Å². The van der Waals surface area contributed by atoms with Gasteiger partial charge in [-0.3, -0.25) is 10.1 Å². The zero-order valence-electron chi connectivity index (χ0n) is 27.3. The second-order valence-electron chi connectivity index (χ2n) is 12.7. The van der Waals surface area contributed by atoms with Gasteiger partial charge < -0.3 is 24.0 Å². The van der Waals surface area contributed by atoms with Crippen molar-refractivity contribution in [3.05, 3.63) is 104 Å². The van der Waals surface area contributed by atoms with Crippen LogP contribution in [0.4, 0.5) is 11.4 Å². The molecule has 50 heavy (non-hydrogen) atoms. The van der Waals surface area contributed by atoms with E-state index < -0.39 is 0 Å². The molecule has 0 atom stereocenters. The lowest BCUT2D eigenvalue weighted by Gasteiger charge is -2.22. The highest BCUT2D eigenvalue weighted by Crippen LogP contribution is 2.38. The Morgan fingerprint density at radius 2 is 1.16 bits per heavy atom. The number of para-hydroxylation sites is 4. The Bertz CT molecular complexity index is 2070. The number of nitro benzene ring substituents is 1. The summed E-state index contributed by atoms with van der Waals surface area (Å²) in [6.45, 7) is 3.07. The zero-order valence-corrected chi connectivity index (χ0v) is 28.8. The molecular formula is C38H36Cl2N4O6. The Morgan fingerprint density at radius 1 is 0.700 bits per heavy atom. The van der Waals surface area contributed by atoms with Crippen LogP contribution in [-0.2, 0) is 22.3 Å². The first-order chi connectivity index (χ1) is 24.3. The van der Waals surface area contributed by atoms with E-state index >= 15 is 0 Å². The van der Waals surface area contributed by atoms with Gasteiger partial charge >= 0.3 is 0 Å². The summed E-state index contributed by atoms with van der Waals surface area (Å²) in [7, 11) is 0. The molecule has 2 aliphatic heterocycles. The van der Waals surface area contributed by atoms with Crippen LogP contribution in [0.15, 0.2) is 81.6 Å². The predicted octanol–water partition coefficient (Wildman–Crippen LogP) is 9.72. The third kappa shape index (κ3) is 7.63. The van der Waals surface area contributed by atoms with E-state index in [1.54, 1.807) is 12.1 Å². The van der Waals surface area contributed by atoms with Crippen molar-refractivity contribution in [2.24, 2.45) is 11.8 Å². The monoisotopic (exact) mass is 714 g/mol. The van der Waals surface area contributed by atoms with Gasteiger partial charge in [-0.05, 0) is 98.4 Å². The van der Waals surface area contributed by atoms with Crippen LogP contribution in [0.5, 0.6) is 0 Å². The number of nitrogens with two attached hydrogens (primary N) is 1. The highest BCUT2D eigenvalue weighted by atomic mass is 35.5. The van der Waals surface area contributed by atoms with Gasteiger partial charge in [-0.2, -0.15) is 0 Å². The molecule has 0 bridgehead atoms. The third-order valence-corrected chi connectivity index (χ3v) is 9.97. The van der Waals surface area contributed by atoms with E-state index in [9.17, 15) is 10.1 Å². The second-order valence-corrected chi connectivity index (χ2v) is 13.6. The topological polar surface area (TPSA) is 140 Å². The normalized spacial score (nSPS) is 15.6. The Kier molecular flexibility index (Phi) is 10.3. The number of aromatic nitrogens is 2. The molecule has 0 saturated carbocycles. The largest absolute Gasteiger partial charge is 0.436 e. The van der Waals surface area contributed by atoms with Gasteiger partial charge in [0, 0.05) is 43.7 Å². The number of nitro groups is 1. The summed E-state index contributed by atoms with van der Waals surface area (Å²) in [4.78, 5) is 20.2. The summed E-state index contributed by atoms with van der Waals surface area (Å²) in [5.74, 6) is 1.77. The number of hydrogen-bond acceptors (Lipinski definition) is 9. The number of hydrogen-bond donors (Lipinski definition) is 1. The number of nitrogens with zero attached hydrogens (tertiary/aromatic N) is 3. The maximum absolute atomic E-state index is 11.6. The van der Waals surface area contributed by atoms with Crippen molar-refractivity contribution < 1.29 is 23.2 Å². The minimum absolute atomic E-state index is 0.0538. The van der Waals surface area contributed by atoms with Crippen molar-refractivity contribution in [2.45, 2.75) is 38.5 Å². The van der Waals surface area contributed by atoms with E-state index in [0.717, 1.165) is 73.2 Å².